The summed E-state index contributed by atoms with van der Waals surface area (Å²) in [5, 5.41) is 9.46. The summed E-state index contributed by atoms with van der Waals surface area (Å²) in [5.41, 5.74) is 0.876. The van der Waals surface area contributed by atoms with E-state index in [2.05, 4.69) is 0 Å². The van der Waals surface area contributed by atoms with Crippen molar-refractivity contribution in [1.29, 1.82) is 0 Å². The van der Waals surface area contributed by atoms with Crippen LogP contribution in [0.1, 0.15) is 37.2 Å². The fourth-order valence-electron chi connectivity index (χ4n) is 3.71. The van der Waals surface area contributed by atoms with E-state index in [-0.39, 0.29) is 18.6 Å². The van der Waals surface area contributed by atoms with E-state index < -0.39 is 11.9 Å². The smallest absolute Gasteiger partial charge is 0.308 e. The SMILES string of the molecule is COc1ccc(C2CN(C=O)CC2C(=O)O)cc1OC1CCCC1. The van der Waals surface area contributed by atoms with Crippen LogP contribution in [0.3, 0.4) is 0 Å². The third-order valence-electron chi connectivity index (χ3n) is 5.03. The molecule has 1 aromatic rings. The average molecular weight is 333 g/mol. The van der Waals surface area contributed by atoms with Gasteiger partial charge in [0.2, 0.25) is 6.41 Å². The number of carboxylic acid groups (broad SMARTS) is 1. The van der Waals surface area contributed by atoms with Crippen LogP contribution < -0.4 is 9.47 Å². The molecule has 1 saturated carbocycles. The number of likely N-dealkylation sites (tertiary alicyclic amines) is 1. The van der Waals surface area contributed by atoms with Crippen LogP contribution in [0.15, 0.2) is 18.2 Å². The van der Waals surface area contributed by atoms with Gasteiger partial charge in [-0.25, -0.2) is 0 Å². The van der Waals surface area contributed by atoms with Crippen LogP contribution in [0.5, 0.6) is 11.5 Å². The second-order valence-electron chi connectivity index (χ2n) is 6.55. The standard InChI is InChI=1S/C18H23NO5/c1-23-16-7-6-12(8-17(16)24-13-4-2-3-5-13)14-9-19(11-20)10-15(14)18(21)22/h6-8,11,13-15H,2-5,9-10H2,1H3,(H,21,22). The molecular weight excluding hydrogens is 310 g/mol. The molecule has 1 N–H and O–H groups in total. The van der Waals surface area contributed by atoms with E-state index >= 15 is 0 Å². The monoisotopic (exact) mass is 333 g/mol. The van der Waals surface area contributed by atoms with E-state index in [0.29, 0.717) is 18.0 Å². The number of hydrogen-bond acceptors (Lipinski definition) is 4. The molecular formula is C18H23NO5. The maximum absolute atomic E-state index is 11.5. The van der Waals surface area contributed by atoms with E-state index in [9.17, 15) is 14.7 Å². The lowest BCUT2D eigenvalue weighted by Gasteiger charge is -2.20. The Balaban J connectivity index is 1.86. The van der Waals surface area contributed by atoms with E-state index in [0.717, 1.165) is 24.8 Å². The summed E-state index contributed by atoms with van der Waals surface area (Å²) in [6, 6.07) is 5.57. The first-order valence-electron chi connectivity index (χ1n) is 8.39. The number of hydrogen-bond donors (Lipinski definition) is 1. The summed E-state index contributed by atoms with van der Waals surface area (Å²) in [6.45, 7) is 0.657. The Morgan fingerprint density at radius 3 is 2.62 bits per heavy atom. The van der Waals surface area contributed by atoms with Gasteiger partial charge < -0.3 is 19.5 Å². The van der Waals surface area contributed by atoms with E-state index in [4.69, 9.17) is 9.47 Å². The molecule has 2 aliphatic rings. The number of rotatable bonds is 6. The zero-order valence-corrected chi connectivity index (χ0v) is 13.8. The van der Waals surface area contributed by atoms with E-state index in [1.54, 1.807) is 7.11 Å². The van der Waals surface area contributed by atoms with E-state index in [1.165, 1.54) is 17.7 Å². The minimum atomic E-state index is -0.876. The third kappa shape index (κ3) is 3.32. The van der Waals surface area contributed by atoms with Gasteiger partial charge in [-0.3, -0.25) is 9.59 Å². The van der Waals surface area contributed by atoms with Crippen molar-refractivity contribution >= 4 is 12.4 Å². The number of carbonyl (C=O) groups excluding carboxylic acids is 1. The topological polar surface area (TPSA) is 76.1 Å². The van der Waals surface area contributed by atoms with Gasteiger partial charge in [-0.15, -0.1) is 0 Å². The van der Waals surface area contributed by atoms with Gasteiger partial charge in [-0.05, 0) is 43.4 Å². The van der Waals surface area contributed by atoms with Crippen molar-refractivity contribution in [1.82, 2.24) is 4.90 Å². The highest BCUT2D eigenvalue weighted by atomic mass is 16.5. The number of carboxylic acids is 1. The maximum Gasteiger partial charge on any atom is 0.308 e. The van der Waals surface area contributed by atoms with Crippen molar-refractivity contribution in [2.75, 3.05) is 20.2 Å². The highest BCUT2D eigenvalue weighted by Gasteiger charge is 2.38. The highest BCUT2D eigenvalue weighted by Crippen LogP contribution is 2.38. The largest absolute Gasteiger partial charge is 0.493 e. The average Bonchev–Trinajstić information content (AvgIpc) is 3.24. The number of amides is 1. The van der Waals surface area contributed by atoms with Gasteiger partial charge in [0.05, 0.1) is 19.1 Å². The highest BCUT2D eigenvalue weighted by molar-refractivity contribution is 5.73. The summed E-state index contributed by atoms with van der Waals surface area (Å²) >= 11 is 0. The maximum atomic E-state index is 11.5. The Hall–Kier alpha value is -2.24. The lowest BCUT2D eigenvalue weighted by molar-refractivity contribution is -0.141. The van der Waals surface area contributed by atoms with Crippen LogP contribution in [0.2, 0.25) is 0 Å². The Kier molecular flexibility index (Phi) is 4.92. The molecule has 3 rings (SSSR count). The molecule has 0 radical (unpaired) electrons. The molecule has 1 aliphatic heterocycles. The van der Waals surface area contributed by atoms with Crippen molar-refractivity contribution in [3.05, 3.63) is 23.8 Å². The number of ether oxygens (including phenoxy) is 2. The molecule has 2 unspecified atom stereocenters. The van der Waals surface area contributed by atoms with Crippen LogP contribution in [-0.2, 0) is 9.59 Å². The number of methoxy groups -OCH3 is 1. The predicted octanol–water partition coefficient (Wildman–Crippen LogP) is 2.27. The Morgan fingerprint density at radius 2 is 2.00 bits per heavy atom. The molecule has 1 aliphatic carbocycles. The number of aliphatic carboxylic acids is 1. The molecule has 1 aromatic carbocycles. The zero-order valence-electron chi connectivity index (χ0n) is 13.8. The Labute approximate surface area is 141 Å². The van der Waals surface area contributed by atoms with E-state index in [1.807, 2.05) is 18.2 Å². The quantitative estimate of drug-likeness (QED) is 0.808. The molecule has 1 heterocycles. The van der Waals surface area contributed by atoms with Crippen LogP contribution in [0.4, 0.5) is 0 Å². The molecule has 6 nitrogen and oxygen atoms in total. The first-order valence-corrected chi connectivity index (χ1v) is 8.39. The molecule has 0 aromatic heterocycles. The predicted molar refractivity (Wildman–Crippen MR) is 87.4 cm³/mol. The molecule has 2 atom stereocenters. The molecule has 130 valence electrons. The van der Waals surface area contributed by atoms with Crippen LogP contribution in [-0.4, -0.2) is 48.7 Å². The number of carbonyl (C=O) groups is 2. The second kappa shape index (κ2) is 7.11. The number of benzene rings is 1. The Bertz CT molecular complexity index is 611. The fraction of sp³-hybridized carbons (Fsp3) is 0.556. The van der Waals surface area contributed by atoms with Gasteiger partial charge in [0.1, 0.15) is 0 Å². The first-order chi connectivity index (χ1) is 11.6. The Morgan fingerprint density at radius 1 is 1.25 bits per heavy atom. The van der Waals surface area contributed by atoms with Gasteiger partial charge in [0.15, 0.2) is 11.5 Å². The summed E-state index contributed by atoms with van der Waals surface area (Å²) in [6.07, 6.45) is 5.32. The van der Waals surface area contributed by atoms with Gasteiger partial charge >= 0.3 is 5.97 Å². The molecule has 1 amide bonds. The molecule has 0 spiro atoms. The lowest BCUT2D eigenvalue weighted by Crippen LogP contribution is -2.22. The third-order valence-corrected chi connectivity index (χ3v) is 5.03. The zero-order chi connectivity index (χ0) is 17.1. The van der Waals surface area contributed by atoms with Gasteiger partial charge in [-0.1, -0.05) is 6.07 Å². The van der Waals surface area contributed by atoms with Gasteiger partial charge in [0, 0.05) is 19.0 Å². The van der Waals surface area contributed by atoms with Crippen molar-refractivity contribution in [3.8, 4) is 11.5 Å². The van der Waals surface area contributed by atoms with Crippen molar-refractivity contribution in [2.24, 2.45) is 5.92 Å². The van der Waals surface area contributed by atoms with Crippen molar-refractivity contribution < 1.29 is 24.2 Å². The molecule has 24 heavy (non-hydrogen) atoms. The number of nitrogens with zero attached hydrogens (tertiary/aromatic N) is 1. The summed E-state index contributed by atoms with van der Waals surface area (Å²) < 4.78 is 11.5. The van der Waals surface area contributed by atoms with Crippen molar-refractivity contribution in [2.45, 2.75) is 37.7 Å². The molecule has 0 bridgehead atoms. The second-order valence-corrected chi connectivity index (χ2v) is 6.55. The summed E-state index contributed by atoms with van der Waals surface area (Å²) in [5.74, 6) is -0.385. The lowest BCUT2D eigenvalue weighted by atomic mass is 9.89. The molecule has 2 fully saturated rings. The van der Waals surface area contributed by atoms with Crippen LogP contribution in [0, 0.1) is 5.92 Å². The molecule has 1 saturated heterocycles. The summed E-state index contributed by atoms with van der Waals surface area (Å²) in [7, 11) is 1.60. The van der Waals surface area contributed by atoms with Gasteiger partial charge in [-0.2, -0.15) is 0 Å². The summed E-state index contributed by atoms with van der Waals surface area (Å²) in [4.78, 5) is 24.1. The first kappa shape index (κ1) is 16.6. The minimum absolute atomic E-state index is 0.194. The van der Waals surface area contributed by atoms with Crippen LogP contribution in [0.25, 0.3) is 0 Å². The van der Waals surface area contributed by atoms with Crippen LogP contribution >= 0.6 is 0 Å². The molecule has 6 heteroatoms. The van der Waals surface area contributed by atoms with Crippen molar-refractivity contribution in [3.63, 3.8) is 0 Å². The normalized spacial score (nSPS) is 24.1. The fourth-order valence-corrected chi connectivity index (χ4v) is 3.71. The van der Waals surface area contributed by atoms with Gasteiger partial charge in [0.25, 0.3) is 0 Å². The minimum Gasteiger partial charge on any atom is -0.493 e.